The minimum Gasteiger partial charge on any atom is -0.369 e. The third kappa shape index (κ3) is 1.32. The van der Waals surface area contributed by atoms with Gasteiger partial charge in [-0.3, -0.25) is 4.79 Å². The summed E-state index contributed by atoms with van der Waals surface area (Å²) in [6, 6.07) is 3.73. The van der Waals surface area contributed by atoms with E-state index in [1.54, 1.807) is 6.20 Å². The number of nitrogens with zero attached hydrogens (tertiary/aromatic N) is 3. The molecule has 0 saturated heterocycles. The quantitative estimate of drug-likeness (QED) is 0.724. The zero-order valence-electron chi connectivity index (χ0n) is 7.77. The van der Waals surface area contributed by atoms with Crippen molar-refractivity contribution in [1.82, 2.24) is 14.5 Å². The van der Waals surface area contributed by atoms with Gasteiger partial charge in [-0.15, -0.1) is 0 Å². The monoisotopic (exact) mass is 190 g/mol. The molecule has 2 N–H and O–H groups in total. The molecule has 0 fully saturated rings. The van der Waals surface area contributed by atoms with Crippen molar-refractivity contribution in [3.05, 3.63) is 24.2 Å². The van der Waals surface area contributed by atoms with Gasteiger partial charge in [0.2, 0.25) is 5.91 Å². The molecule has 0 aliphatic heterocycles. The molecule has 0 radical (unpaired) electrons. The molecule has 0 atom stereocenters. The van der Waals surface area contributed by atoms with Crippen LogP contribution in [0.25, 0.3) is 11.2 Å². The maximum absolute atomic E-state index is 10.7. The zero-order chi connectivity index (χ0) is 10.1. The Morgan fingerprint density at radius 1 is 1.64 bits per heavy atom. The smallest absolute Gasteiger partial charge is 0.225 e. The number of hydrogen-bond acceptors (Lipinski definition) is 3. The van der Waals surface area contributed by atoms with Crippen LogP contribution in [0, 0.1) is 0 Å². The molecule has 0 bridgehead atoms. The van der Waals surface area contributed by atoms with E-state index in [0.717, 1.165) is 5.52 Å². The molecule has 0 spiro atoms. The molecule has 0 unspecified atom stereocenters. The van der Waals surface area contributed by atoms with Gasteiger partial charge in [0.25, 0.3) is 0 Å². The van der Waals surface area contributed by atoms with Gasteiger partial charge < -0.3 is 10.3 Å². The third-order valence-corrected chi connectivity index (χ3v) is 2.08. The van der Waals surface area contributed by atoms with E-state index >= 15 is 0 Å². The van der Waals surface area contributed by atoms with Gasteiger partial charge in [0, 0.05) is 13.2 Å². The molecule has 2 aromatic heterocycles. The number of pyridine rings is 1. The van der Waals surface area contributed by atoms with E-state index in [2.05, 4.69) is 9.97 Å². The van der Waals surface area contributed by atoms with Crippen molar-refractivity contribution in [1.29, 1.82) is 0 Å². The minimum atomic E-state index is -0.386. The van der Waals surface area contributed by atoms with Crippen LogP contribution in [0.15, 0.2) is 18.3 Å². The Labute approximate surface area is 80.6 Å². The average Bonchev–Trinajstić information content (AvgIpc) is 2.44. The first-order chi connectivity index (χ1) is 6.68. The number of rotatable bonds is 2. The molecule has 0 saturated carbocycles. The van der Waals surface area contributed by atoms with E-state index in [0.29, 0.717) is 11.5 Å². The third-order valence-electron chi connectivity index (χ3n) is 2.08. The van der Waals surface area contributed by atoms with Crippen LogP contribution in [0.2, 0.25) is 0 Å². The van der Waals surface area contributed by atoms with Crippen molar-refractivity contribution < 1.29 is 4.79 Å². The van der Waals surface area contributed by atoms with E-state index in [1.165, 1.54) is 0 Å². The van der Waals surface area contributed by atoms with Gasteiger partial charge in [-0.1, -0.05) is 0 Å². The molecule has 0 aliphatic rings. The predicted octanol–water partition coefficient (Wildman–Crippen LogP) is -0.00390. The zero-order valence-corrected chi connectivity index (χ0v) is 7.77. The van der Waals surface area contributed by atoms with E-state index < -0.39 is 0 Å². The Kier molecular flexibility index (Phi) is 1.92. The lowest BCUT2D eigenvalue weighted by Crippen LogP contribution is -2.16. The van der Waals surface area contributed by atoms with Crippen molar-refractivity contribution in [3.8, 4) is 0 Å². The highest BCUT2D eigenvalue weighted by Crippen LogP contribution is 2.11. The number of aromatic nitrogens is 3. The van der Waals surface area contributed by atoms with E-state index in [-0.39, 0.29) is 12.3 Å². The molecular formula is C9H10N4O. The number of fused-ring (bicyclic) bond motifs is 1. The second-order valence-electron chi connectivity index (χ2n) is 3.08. The maximum Gasteiger partial charge on any atom is 0.225 e. The van der Waals surface area contributed by atoms with E-state index in [4.69, 9.17) is 5.73 Å². The summed E-state index contributed by atoms with van der Waals surface area (Å²) >= 11 is 0. The van der Waals surface area contributed by atoms with E-state index in [1.807, 2.05) is 23.7 Å². The van der Waals surface area contributed by atoms with Gasteiger partial charge in [-0.05, 0) is 12.1 Å². The lowest BCUT2D eigenvalue weighted by molar-refractivity contribution is -0.117. The summed E-state index contributed by atoms with van der Waals surface area (Å²) in [6.45, 7) is 0. The van der Waals surface area contributed by atoms with Crippen LogP contribution >= 0.6 is 0 Å². The summed E-state index contributed by atoms with van der Waals surface area (Å²) in [6.07, 6.45) is 1.82. The van der Waals surface area contributed by atoms with E-state index in [9.17, 15) is 4.79 Å². The fourth-order valence-electron chi connectivity index (χ4n) is 1.39. The fraction of sp³-hybridized carbons (Fsp3) is 0.222. The highest BCUT2D eigenvalue weighted by atomic mass is 16.1. The Morgan fingerprint density at radius 3 is 3.07 bits per heavy atom. The van der Waals surface area contributed by atoms with Gasteiger partial charge in [-0.2, -0.15) is 0 Å². The summed E-state index contributed by atoms with van der Waals surface area (Å²) in [7, 11) is 1.84. The van der Waals surface area contributed by atoms with Gasteiger partial charge in [-0.25, -0.2) is 9.97 Å². The van der Waals surface area contributed by atoms with Crippen LogP contribution in [0.4, 0.5) is 0 Å². The molecular weight excluding hydrogens is 180 g/mol. The van der Waals surface area contributed by atoms with Crippen LogP contribution in [0.3, 0.4) is 0 Å². The van der Waals surface area contributed by atoms with Crippen molar-refractivity contribution >= 4 is 17.1 Å². The largest absolute Gasteiger partial charge is 0.369 e. The molecule has 5 heteroatoms. The van der Waals surface area contributed by atoms with Crippen LogP contribution in [-0.2, 0) is 18.3 Å². The van der Waals surface area contributed by atoms with Gasteiger partial charge in [0.1, 0.15) is 5.82 Å². The van der Waals surface area contributed by atoms with Crippen LogP contribution < -0.4 is 5.73 Å². The summed E-state index contributed by atoms with van der Waals surface area (Å²) in [5, 5.41) is 0. The Morgan fingerprint density at radius 2 is 2.43 bits per heavy atom. The molecule has 72 valence electrons. The number of primary amides is 1. The summed E-state index contributed by atoms with van der Waals surface area (Å²) < 4.78 is 1.83. The van der Waals surface area contributed by atoms with Gasteiger partial charge in [0.15, 0.2) is 5.65 Å². The molecule has 14 heavy (non-hydrogen) atoms. The number of carbonyl (C=O) groups excluding carboxylic acids is 1. The van der Waals surface area contributed by atoms with Crippen LogP contribution in [0.1, 0.15) is 5.82 Å². The number of carbonyl (C=O) groups is 1. The standard InChI is InChI=1S/C9H10N4O/c1-13-6-3-2-4-11-9(6)12-8(13)5-7(10)14/h2-4H,5H2,1H3,(H2,10,14). The average molecular weight is 190 g/mol. The summed E-state index contributed by atoms with van der Waals surface area (Å²) in [4.78, 5) is 19.0. The molecule has 0 aliphatic carbocycles. The minimum absolute atomic E-state index is 0.146. The SMILES string of the molecule is Cn1c(CC(N)=O)nc2ncccc21. The summed E-state index contributed by atoms with van der Waals surface area (Å²) in [5.41, 5.74) is 6.65. The van der Waals surface area contributed by atoms with Crippen LogP contribution in [0.5, 0.6) is 0 Å². The van der Waals surface area contributed by atoms with Gasteiger partial charge >= 0.3 is 0 Å². The number of hydrogen-bond donors (Lipinski definition) is 1. The van der Waals surface area contributed by atoms with Crippen molar-refractivity contribution in [2.75, 3.05) is 0 Å². The van der Waals surface area contributed by atoms with Gasteiger partial charge in [0.05, 0.1) is 11.9 Å². The number of amides is 1. The summed E-state index contributed by atoms with van der Waals surface area (Å²) in [5.74, 6) is 0.259. The Bertz CT molecular complexity index is 489. The topological polar surface area (TPSA) is 73.8 Å². The first kappa shape index (κ1) is 8.68. The highest BCUT2D eigenvalue weighted by molar-refractivity contribution is 5.78. The Hall–Kier alpha value is -1.91. The second-order valence-corrected chi connectivity index (χ2v) is 3.08. The lowest BCUT2D eigenvalue weighted by atomic mass is 10.4. The number of aryl methyl sites for hydroxylation is 1. The highest BCUT2D eigenvalue weighted by Gasteiger charge is 2.09. The maximum atomic E-state index is 10.7. The molecule has 1 amide bonds. The number of nitrogens with two attached hydrogens (primary N) is 1. The second kappa shape index (κ2) is 3.10. The normalized spacial score (nSPS) is 10.6. The van der Waals surface area contributed by atoms with Crippen molar-refractivity contribution in [3.63, 3.8) is 0 Å². The lowest BCUT2D eigenvalue weighted by Gasteiger charge is -1.97. The van der Waals surface area contributed by atoms with Crippen molar-refractivity contribution in [2.24, 2.45) is 12.8 Å². The molecule has 5 nitrogen and oxygen atoms in total. The first-order valence-corrected chi connectivity index (χ1v) is 4.23. The molecule has 2 heterocycles. The molecule has 0 aromatic carbocycles. The van der Waals surface area contributed by atoms with Crippen molar-refractivity contribution in [2.45, 2.75) is 6.42 Å². The first-order valence-electron chi connectivity index (χ1n) is 4.23. The fourth-order valence-corrected chi connectivity index (χ4v) is 1.39. The molecule has 2 aromatic rings. The Balaban J connectivity index is 2.57. The number of imidazole rings is 1. The van der Waals surface area contributed by atoms with Crippen LogP contribution in [-0.4, -0.2) is 20.4 Å². The predicted molar refractivity (Wildman–Crippen MR) is 51.4 cm³/mol. The molecule has 2 rings (SSSR count).